The smallest absolute Gasteiger partial charge is 0.0942 e. The van der Waals surface area contributed by atoms with Crippen LogP contribution >= 0.6 is 24.0 Å². The highest BCUT2D eigenvalue weighted by atomic mass is 127. The molecule has 0 spiro atoms. The zero-order valence-electron chi connectivity index (χ0n) is 19.6. The van der Waals surface area contributed by atoms with Crippen molar-refractivity contribution in [2.45, 2.75) is 71.1 Å². The van der Waals surface area contributed by atoms with Crippen LogP contribution in [-0.2, 0) is 0 Å². The van der Waals surface area contributed by atoms with Crippen molar-refractivity contribution >= 4 is 51.2 Å². The number of benzene rings is 3. The Morgan fingerprint density at radius 3 is 1.78 bits per heavy atom. The maximum Gasteiger partial charge on any atom is 0.0942 e. The maximum absolute atomic E-state index is 2.47. The third-order valence-electron chi connectivity index (χ3n) is 6.62. The number of hydrogen-bond donors (Lipinski definition) is 0. The molecule has 172 valence electrons. The lowest BCUT2D eigenvalue weighted by Gasteiger charge is -2.24. The number of fused-ring (bicyclic) bond motifs is 2. The summed E-state index contributed by atoms with van der Waals surface area (Å²) < 4.78 is 0. The van der Waals surface area contributed by atoms with E-state index >= 15 is 0 Å². The van der Waals surface area contributed by atoms with Crippen LogP contribution in [-0.4, -0.2) is 18.1 Å². The first-order chi connectivity index (χ1) is 15.4. The van der Waals surface area contributed by atoms with Crippen LogP contribution in [0.4, 0.5) is 5.69 Å². The number of unbranched alkanes of at least 4 members (excludes halogenated alkanes) is 9. The minimum atomic E-state index is 0. The van der Waals surface area contributed by atoms with E-state index in [0.29, 0.717) is 0 Å². The Morgan fingerprint density at radius 2 is 1.19 bits per heavy atom. The van der Waals surface area contributed by atoms with E-state index in [1.54, 1.807) is 0 Å². The van der Waals surface area contributed by atoms with Gasteiger partial charge in [-0.25, -0.2) is 0 Å². The molecule has 0 saturated carbocycles. The summed E-state index contributed by atoms with van der Waals surface area (Å²) in [6, 6.07) is 19.9. The minimum Gasteiger partial charge on any atom is -0.358 e. The highest BCUT2D eigenvalue weighted by Gasteiger charge is 2.18. The van der Waals surface area contributed by atoms with Gasteiger partial charge in [0.05, 0.1) is 12.4 Å². The van der Waals surface area contributed by atoms with Crippen molar-refractivity contribution in [3.8, 4) is 0 Å². The summed E-state index contributed by atoms with van der Waals surface area (Å²) in [6.45, 7) is 4.40. The van der Waals surface area contributed by atoms with Gasteiger partial charge < -0.3 is 9.80 Å². The lowest BCUT2D eigenvalue weighted by molar-refractivity contribution is 0.388. The summed E-state index contributed by atoms with van der Waals surface area (Å²) in [7, 11) is 0. The fourth-order valence-electron chi connectivity index (χ4n) is 4.86. The highest BCUT2D eigenvalue weighted by molar-refractivity contribution is 14.0. The molecular formula is C29H39IN2. The molecule has 1 aliphatic rings. The fourth-order valence-corrected chi connectivity index (χ4v) is 4.86. The Kier molecular flexibility index (Phi) is 10.2. The molecule has 3 aromatic carbocycles. The summed E-state index contributed by atoms with van der Waals surface area (Å²) in [5, 5.41) is 5.31. The molecule has 3 heteroatoms. The molecule has 0 saturated heterocycles. The van der Waals surface area contributed by atoms with Gasteiger partial charge in [-0.3, -0.25) is 0 Å². The maximum atomic E-state index is 2.47. The van der Waals surface area contributed by atoms with Gasteiger partial charge in [-0.2, -0.15) is 0 Å². The molecule has 0 radical (unpaired) electrons. The third kappa shape index (κ3) is 6.40. The standard InChI is InChI=1S/C29H38N2.HI/c1-2-3-4-5-6-7-8-9-10-15-20-30-21-22-31(24-30)29-27-18-13-11-16-25(27)23-26-17-12-14-19-28(26)29;/h11-14,16-19,21-23H,2-10,15,20,24H2,1H3;1H. The van der Waals surface area contributed by atoms with E-state index in [2.05, 4.69) is 83.7 Å². The van der Waals surface area contributed by atoms with Crippen LogP contribution in [0.2, 0.25) is 0 Å². The van der Waals surface area contributed by atoms with Crippen LogP contribution < -0.4 is 4.90 Å². The van der Waals surface area contributed by atoms with E-state index < -0.39 is 0 Å². The lowest BCUT2D eigenvalue weighted by atomic mass is 10.0. The van der Waals surface area contributed by atoms with Crippen molar-refractivity contribution in [2.24, 2.45) is 0 Å². The number of anilines is 1. The van der Waals surface area contributed by atoms with Gasteiger partial charge >= 0.3 is 0 Å². The predicted octanol–water partition coefficient (Wildman–Crippen LogP) is 9.08. The second-order valence-electron chi connectivity index (χ2n) is 9.07. The Hall–Kier alpha value is -1.75. The zero-order chi connectivity index (χ0) is 21.3. The van der Waals surface area contributed by atoms with Crippen LogP contribution in [0.25, 0.3) is 21.5 Å². The molecule has 0 N–H and O–H groups in total. The average molecular weight is 543 g/mol. The average Bonchev–Trinajstić information content (AvgIpc) is 3.27. The van der Waals surface area contributed by atoms with Crippen LogP contribution in [0.3, 0.4) is 0 Å². The number of nitrogens with zero attached hydrogens (tertiary/aromatic N) is 2. The van der Waals surface area contributed by atoms with Crippen molar-refractivity contribution in [1.82, 2.24) is 4.90 Å². The Balaban J connectivity index is 0.00000289. The quantitative estimate of drug-likeness (QED) is 0.128. The molecule has 0 fully saturated rings. The number of halogens is 1. The normalized spacial score (nSPS) is 13.3. The van der Waals surface area contributed by atoms with Gasteiger partial charge in [0.15, 0.2) is 0 Å². The van der Waals surface area contributed by atoms with Gasteiger partial charge in [0, 0.05) is 29.7 Å². The summed E-state index contributed by atoms with van der Waals surface area (Å²) >= 11 is 0. The largest absolute Gasteiger partial charge is 0.358 e. The summed E-state index contributed by atoms with van der Waals surface area (Å²) in [4.78, 5) is 4.91. The second kappa shape index (κ2) is 13.1. The summed E-state index contributed by atoms with van der Waals surface area (Å²) in [5.41, 5.74) is 1.34. The van der Waals surface area contributed by atoms with Gasteiger partial charge in [0.25, 0.3) is 0 Å². The van der Waals surface area contributed by atoms with Crippen LogP contribution in [0.5, 0.6) is 0 Å². The van der Waals surface area contributed by atoms with Gasteiger partial charge in [-0.15, -0.1) is 24.0 Å². The molecule has 1 heterocycles. The van der Waals surface area contributed by atoms with Crippen LogP contribution in [0, 0.1) is 0 Å². The van der Waals surface area contributed by atoms with Crippen molar-refractivity contribution in [1.29, 1.82) is 0 Å². The van der Waals surface area contributed by atoms with E-state index in [0.717, 1.165) is 13.2 Å². The van der Waals surface area contributed by atoms with Gasteiger partial charge in [-0.05, 0) is 23.3 Å². The Labute approximate surface area is 211 Å². The molecule has 0 bridgehead atoms. The van der Waals surface area contributed by atoms with Crippen LogP contribution in [0.15, 0.2) is 67.0 Å². The molecule has 0 aromatic heterocycles. The first-order valence-corrected chi connectivity index (χ1v) is 12.5. The Bertz CT molecular complexity index is 943. The SMILES string of the molecule is CCCCCCCCCCCCN1C=CN(c2c3ccccc3cc3ccccc23)C1.I. The van der Waals surface area contributed by atoms with E-state index in [1.807, 2.05) is 0 Å². The molecule has 1 aliphatic heterocycles. The molecule has 0 amide bonds. The molecule has 4 rings (SSSR count). The van der Waals surface area contributed by atoms with Gasteiger partial charge in [0.2, 0.25) is 0 Å². The van der Waals surface area contributed by atoms with E-state index in [4.69, 9.17) is 0 Å². The summed E-state index contributed by atoms with van der Waals surface area (Å²) in [6.07, 6.45) is 18.5. The van der Waals surface area contributed by atoms with Crippen molar-refractivity contribution in [3.63, 3.8) is 0 Å². The van der Waals surface area contributed by atoms with E-state index in [9.17, 15) is 0 Å². The van der Waals surface area contributed by atoms with Crippen molar-refractivity contribution < 1.29 is 0 Å². The van der Waals surface area contributed by atoms with E-state index in [-0.39, 0.29) is 24.0 Å². The molecule has 0 atom stereocenters. The summed E-state index contributed by atoms with van der Waals surface area (Å²) in [5.74, 6) is 0. The number of hydrogen-bond acceptors (Lipinski definition) is 2. The van der Waals surface area contributed by atoms with Gasteiger partial charge in [-0.1, -0.05) is 113 Å². The third-order valence-corrected chi connectivity index (χ3v) is 6.62. The highest BCUT2D eigenvalue weighted by Crippen LogP contribution is 2.37. The van der Waals surface area contributed by atoms with Crippen LogP contribution in [0.1, 0.15) is 71.1 Å². The minimum absolute atomic E-state index is 0. The molecule has 3 aromatic rings. The fraction of sp³-hybridized carbons (Fsp3) is 0.448. The number of rotatable bonds is 12. The van der Waals surface area contributed by atoms with E-state index in [1.165, 1.54) is 91.4 Å². The molecule has 2 nitrogen and oxygen atoms in total. The van der Waals surface area contributed by atoms with Crippen molar-refractivity contribution in [2.75, 3.05) is 18.1 Å². The topological polar surface area (TPSA) is 6.48 Å². The van der Waals surface area contributed by atoms with Crippen molar-refractivity contribution in [3.05, 3.63) is 67.0 Å². The van der Waals surface area contributed by atoms with Gasteiger partial charge in [0.1, 0.15) is 0 Å². The Morgan fingerprint density at radius 1 is 0.656 bits per heavy atom. The zero-order valence-corrected chi connectivity index (χ0v) is 22.0. The molecular weight excluding hydrogens is 503 g/mol. The predicted molar refractivity (Wildman–Crippen MR) is 152 cm³/mol. The lowest BCUT2D eigenvalue weighted by Crippen LogP contribution is -2.26. The first-order valence-electron chi connectivity index (χ1n) is 12.5. The first kappa shape index (κ1) is 24.9. The molecule has 32 heavy (non-hydrogen) atoms. The molecule has 0 aliphatic carbocycles. The molecule has 0 unspecified atom stereocenters. The monoisotopic (exact) mass is 542 g/mol. The second-order valence-corrected chi connectivity index (χ2v) is 9.07.